The van der Waals surface area contributed by atoms with Gasteiger partial charge in [-0.05, 0) is 19.8 Å². The van der Waals surface area contributed by atoms with E-state index in [2.05, 4.69) is 0 Å². The normalized spacial score (nSPS) is 14.6. The molecule has 0 radical (unpaired) electrons. The van der Waals surface area contributed by atoms with Gasteiger partial charge in [0.15, 0.2) is 0 Å². The highest BCUT2D eigenvalue weighted by Gasteiger charge is 2.03. The molecule has 2 N–H and O–H groups in total. The summed E-state index contributed by atoms with van der Waals surface area (Å²) >= 11 is 0. The van der Waals surface area contributed by atoms with E-state index >= 15 is 0 Å². The van der Waals surface area contributed by atoms with E-state index in [1.165, 1.54) is 0 Å². The third kappa shape index (κ3) is 7.97. The van der Waals surface area contributed by atoms with Crippen molar-refractivity contribution < 1.29 is 13.2 Å². The maximum absolute atomic E-state index is 10.5. The lowest BCUT2D eigenvalue weighted by molar-refractivity contribution is 0.0645. The molecule has 0 rings (SSSR count). The second-order valence-electron chi connectivity index (χ2n) is 2.81. The van der Waals surface area contributed by atoms with Crippen LogP contribution < -0.4 is 5.14 Å². The Balaban J connectivity index is 3.34. The zero-order valence-electron chi connectivity index (χ0n) is 7.62. The first-order valence-corrected chi connectivity index (χ1v) is 5.79. The highest BCUT2D eigenvalue weighted by Crippen LogP contribution is 1.97. The van der Waals surface area contributed by atoms with E-state index < -0.39 is 10.0 Å². The highest BCUT2D eigenvalue weighted by atomic mass is 32.2. The van der Waals surface area contributed by atoms with Crippen LogP contribution in [0.4, 0.5) is 0 Å². The van der Waals surface area contributed by atoms with Gasteiger partial charge in [0, 0.05) is 6.61 Å². The molecule has 0 aromatic rings. The van der Waals surface area contributed by atoms with Crippen molar-refractivity contribution in [3.8, 4) is 0 Å². The van der Waals surface area contributed by atoms with Crippen LogP contribution in [0.15, 0.2) is 0 Å². The molecular formula is C7H17NO3S. The summed E-state index contributed by atoms with van der Waals surface area (Å²) in [5, 5.41) is 4.80. The fraction of sp³-hybridized carbons (Fsp3) is 1.00. The van der Waals surface area contributed by atoms with Crippen LogP contribution in [0.2, 0.25) is 0 Å². The zero-order valence-corrected chi connectivity index (χ0v) is 8.43. The molecule has 1 atom stereocenters. The molecule has 0 aliphatic carbocycles. The van der Waals surface area contributed by atoms with E-state index in [0.717, 1.165) is 6.42 Å². The van der Waals surface area contributed by atoms with Gasteiger partial charge in [0.05, 0.1) is 11.9 Å². The van der Waals surface area contributed by atoms with Crippen molar-refractivity contribution in [3.05, 3.63) is 0 Å². The topological polar surface area (TPSA) is 69.4 Å². The SMILES string of the molecule is CCC(C)OCCCS(N)(=O)=O. The number of sulfonamides is 1. The molecule has 0 fully saturated rings. The standard InChI is InChI=1S/C7H17NO3S/c1-3-7(2)11-5-4-6-12(8,9)10/h7H,3-6H2,1-2H3,(H2,8,9,10). The molecule has 0 aromatic carbocycles. The second kappa shape index (κ2) is 5.50. The molecule has 0 heterocycles. The molecule has 0 aliphatic rings. The van der Waals surface area contributed by atoms with Crippen molar-refractivity contribution in [2.24, 2.45) is 5.14 Å². The summed E-state index contributed by atoms with van der Waals surface area (Å²) in [6, 6.07) is 0. The minimum Gasteiger partial charge on any atom is -0.378 e. The van der Waals surface area contributed by atoms with Crippen LogP contribution >= 0.6 is 0 Å². The lowest BCUT2D eigenvalue weighted by Crippen LogP contribution is -2.18. The van der Waals surface area contributed by atoms with Crippen LogP contribution in [0.1, 0.15) is 26.7 Å². The van der Waals surface area contributed by atoms with Gasteiger partial charge in [-0.1, -0.05) is 6.92 Å². The number of hydrogen-bond acceptors (Lipinski definition) is 3. The fourth-order valence-electron chi connectivity index (χ4n) is 0.662. The van der Waals surface area contributed by atoms with Crippen LogP contribution in [-0.2, 0) is 14.8 Å². The number of hydrogen-bond donors (Lipinski definition) is 1. The van der Waals surface area contributed by atoms with E-state index in [9.17, 15) is 8.42 Å². The number of ether oxygens (including phenoxy) is 1. The van der Waals surface area contributed by atoms with Gasteiger partial charge in [-0.2, -0.15) is 0 Å². The Kier molecular flexibility index (Phi) is 5.44. The average molecular weight is 195 g/mol. The average Bonchev–Trinajstić information content (AvgIpc) is 1.96. The van der Waals surface area contributed by atoms with Gasteiger partial charge < -0.3 is 4.74 Å². The van der Waals surface area contributed by atoms with Gasteiger partial charge >= 0.3 is 0 Å². The van der Waals surface area contributed by atoms with Crippen molar-refractivity contribution in [1.82, 2.24) is 0 Å². The zero-order chi connectivity index (χ0) is 9.61. The van der Waals surface area contributed by atoms with Gasteiger partial charge in [0.25, 0.3) is 0 Å². The highest BCUT2D eigenvalue weighted by molar-refractivity contribution is 7.89. The molecule has 5 heteroatoms. The Bertz CT molecular complexity index is 201. The maximum atomic E-state index is 10.5. The van der Waals surface area contributed by atoms with Crippen molar-refractivity contribution >= 4 is 10.0 Å². The van der Waals surface area contributed by atoms with E-state index in [-0.39, 0.29) is 11.9 Å². The first kappa shape index (κ1) is 11.9. The largest absolute Gasteiger partial charge is 0.378 e. The van der Waals surface area contributed by atoms with E-state index in [4.69, 9.17) is 9.88 Å². The smallest absolute Gasteiger partial charge is 0.209 e. The maximum Gasteiger partial charge on any atom is 0.209 e. The molecular weight excluding hydrogens is 178 g/mol. The Morgan fingerprint density at radius 2 is 2.08 bits per heavy atom. The Hall–Kier alpha value is -0.130. The van der Waals surface area contributed by atoms with Crippen molar-refractivity contribution in [2.75, 3.05) is 12.4 Å². The van der Waals surface area contributed by atoms with Crippen molar-refractivity contribution in [2.45, 2.75) is 32.8 Å². The van der Waals surface area contributed by atoms with E-state index in [0.29, 0.717) is 13.0 Å². The number of primary sulfonamides is 1. The fourth-order valence-corrected chi connectivity index (χ4v) is 1.18. The number of rotatable bonds is 6. The predicted molar refractivity (Wildman–Crippen MR) is 48.3 cm³/mol. The van der Waals surface area contributed by atoms with Gasteiger partial charge in [0.2, 0.25) is 10.0 Å². The first-order valence-electron chi connectivity index (χ1n) is 4.07. The van der Waals surface area contributed by atoms with Gasteiger partial charge in [-0.3, -0.25) is 0 Å². The third-order valence-electron chi connectivity index (χ3n) is 1.55. The van der Waals surface area contributed by atoms with Crippen molar-refractivity contribution in [3.63, 3.8) is 0 Å². The molecule has 0 aliphatic heterocycles. The molecule has 0 aromatic heterocycles. The van der Waals surface area contributed by atoms with Gasteiger partial charge in [-0.15, -0.1) is 0 Å². The molecule has 74 valence electrons. The first-order chi connectivity index (χ1) is 5.45. The van der Waals surface area contributed by atoms with Crippen LogP contribution in [-0.4, -0.2) is 26.9 Å². The summed E-state index contributed by atoms with van der Waals surface area (Å²) in [5.41, 5.74) is 0. The van der Waals surface area contributed by atoms with Crippen LogP contribution in [0.25, 0.3) is 0 Å². The summed E-state index contributed by atoms with van der Waals surface area (Å²) in [7, 11) is -3.31. The molecule has 0 saturated carbocycles. The summed E-state index contributed by atoms with van der Waals surface area (Å²) in [4.78, 5) is 0. The van der Waals surface area contributed by atoms with Crippen LogP contribution in [0.5, 0.6) is 0 Å². The number of nitrogens with two attached hydrogens (primary N) is 1. The lowest BCUT2D eigenvalue weighted by atomic mass is 10.3. The molecule has 0 amide bonds. The van der Waals surface area contributed by atoms with Gasteiger partial charge in [-0.25, -0.2) is 13.6 Å². The predicted octanol–water partition coefficient (Wildman–Crippen LogP) is 0.480. The molecule has 0 bridgehead atoms. The third-order valence-corrected chi connectivity index (χ3v) is 2.41. The molecule has 4 nitrogen and oxygen atoms in total. The Morgan fingerprint density at radius 3 is 2.50 bits per heavy atom. The summed E-state index contributed by atoms with van der Waals surface area (Å²) < 4.78 is 26.2. The van der Waals surface area contributed by atoms with Crippen LogP contribution in [0.3, 0.4) is 0 Å². The van der Waals surface area contributed by atoms with Gasteiger partial charge in [0.1, 0.15) is 0 Å². The second-order valence-corrected chi connectivity index (χ2v) is 4.54. The molecule has 0 spiro atoms. The van der Waals surface area contributed by atoms with Crippen LogP contribution in [0, 0.1) is 0 Å². The molecule has 1 unspecified atom stereocenters. The summed E-state index contributed by atoms with van der Waals surface area (Å²) in [5.74, 6) is 0.00341. The lowest BCUT2D eigenvalue weighted by Gasteiger charge is -2.09. The minimum atomic E-state index is -3.31. The molecule has 0 saturated heterocycles. The molecule has 12 heavy (non-hydrogen) atoms. The quantitative estimate of drug-likeness (QED) is 0.627. The monoisotopic (exact) mass is 195 g/mol. The van der Waals surface area contributed by atoms with E-state index in [1.54, 1.807) is 0 Å². The summed E-state index contributed by atoms with van der Waals surface area (Å²) in [6.45, 7) is 4.44. The van der Waals surface area contributed by atoms with E-state index in [1.807, 2.05) is 13.8 Å². The minimum absolute atomic E-state index is 0.00341. The Morgan fingerprint density at radius 1 is 1.50 bits per heavy atom. The van der Waals surface area contributed by atoms with Crippen molar-refractivity contribution in [1.29, 1.82) is 0 Å². The Labute approximate surface area is 74.1 Å². The summed E-state index contributed by atoms with van der Waals surface area (Å²) in [6.07, 6.45) is 1.61.